The summed E-state index contributed by atoms with van der Waals surface area (Å²) >= 11 is 3.26. The molecule has 0 aliphatic heterocycles. The van der Waals surface area contributed by atoms with Gasteiger partial charge in [-0.15, -0.1) is 0 Å². The lowest BCUT2D eigenvalue weighted by atomic mass is 10.2. The molecule has 1 aromatic carbocycles. The average molecular weight is 329 g/mol. The second-order valence-electron chi connectivity index (χ2n) is 3.84. The van der Waals surface area contributed by atoms with Crippen LogP contribution in [0.2, 0.25) is 0 Å². The molecule has 19 heavy (non-hydrogen) atoms. The smallest absolute Gasteiger partial charge is 0.404 e. The lowest BCUT2D eigenvalue weighted by molar-refractivity contribution is -0.402. The molecular formula is C12H10BrFN2O3. The first-order valence-corrected chi connectivity index (χ1v) is 6.23. The first-order valence-electron chi connectivity index (χ1n) is 5.44. The van der Waals surface area contributed by atoms with E-state index < -0.39 is 4.92 Å². The Morgan fingerprint density at radius 2 is 2.11 bits per heavy atom. The maximum Gasteiger partial charge on any atom is 0.433 e. The maximum atomic E-state index is 13.4. The molecule has 0 aliphatic carbocycles. The third kappa shape index (κ3) is 3.62. The zero-order chi connectivity index (χ0) is 13.8. The molecular weight excluding hydrogens is 319 g/mol. The highest BCUT2D eigenvalue weighted by atomic mass is 79.9. The number of benzene rings is 1. The number of hydrogen-bond acceptors (Lipinski definition) is 4. The number of halogens is 2. The minimum absolute atomic E-state index is 0.291. The van der Waals surface area contributed by atoms with E-state index in [1.165, 1.54) is 18.2 Å². The van der Waals surface area contributed by atoms with Crippen LogP contribution in [0.3, 0.4) is 0 Å². The molecule has 1 aromatic heterocycles. The zero-order valence-electron chi connectivity index (χ0n) is 9.73. The predicted octanol–water partition coefficient (Wildman–Crippen LogP) is 3.38. The summed E-state index contributed by atoms with van der Waals surface area (Å²) in [5, 5.41) is 13.4. The number of furan rings is 1. The van der Waals surface area contributed by atoms with Gasteiger partial charge in [-0.3, -0.25) is 10.1 Å². The molecule has 2 rings (SSSR count). The van der Waals surface area contributed by atoms with Crippen LogP contribution in [0.1, 0.15) is 11.3 Å². The summed E-state index contributed by atoms with van der Waals surface area (Å²) in [4.78, 5) is 9.83. The van der Waals surface area contributed by atoms with Gasteiger partial charge in [0.25, 0.3) is 0 Å². The minimum Gasteiger partial charge on any atom is -0.404 e. The van der Waals surface area contributed by atoms with E-state index in [0.29, 0.717) is 24.4 Å². The standard InChI is InChI=1S/C12H10BrFN2O3/c13-9-1-3-11(14)8(5-9)6-15-7-10-2-4-12(19-10)16(17)18/h1-5,15H,6-7H2. The fourth-order valence-electron chi connectivity index (χ4n) is 1.56. The fourth-order valence-corrected chi connectivity index (χ4v) is 1.97. The molecule has 7 heteroatoms. The van der Waals surface area contributed by atoms with Gasteiger partial charge in [-0.1, -0.05) is 15.9 Å². The Morgan fingerprint density at radius 3 is 2.79 bits per heavy atom. The summed E-state index contributed by atoms with van der Waals surface area (Å²) in [5.74, 6) is -0.173. The van der Waals surface area contributed by atoms with Crippen molar-refractivity contribution >= 4 is 21.8 Å². The Labute approximate surface area is 116 Å². The lowest BCUT2D eigenvalue weighted by Crippen LogP contribution is -2.13. The van der Waals surface area contributed by atoms with Crippen LogP contribution in [-0.4, -0.2) is 4.92 Å². The third-order valence-electron chi connectivity index (χ3n) is 2.45. The first kappa shape index (κ1) is 13.7. The molecule has 0 amide bonds. The van der Waals surface area contributed by atoms with Gasteiger partial charge in [0.1, 0.15) is 16.5 Å². The van der Waals surface area contributed by atoms with Crippen molar-refractivity contribution in [1.29, 1.82) is 0 Å². The van der Waals surface area contributed by atoms with Gasteiger partial charge in [-0.2, -0.15) is 0 Å². The zero-order valence-corrected chi connectivity index (χ0v) is 11.3. The second-order valence-corrected chi connectivity index (χ2v) is 4.75. The Hall–Kier alpha value is -1.73. The van der Waals surface area contributed by atoms with Gasteiger partial charge in [0, 0.05) is 16.6 Å². The number of rotatable bonds is 5. The van der Waals surface area contributed by atoms with E-state index in [1.807, 2.05) is 0 Å². The van der Waals surface area contributed by atoms with Gasteiger partial charge in [0.05, 0.1) is 12.6 Å². The van der Waals surface area contributed by atoms with Gasteiger partial charge in [0.15, 0.2) is 0 Å². The molecule has 5 nitrogen and oxygen atoms in total. The van der Waals surface area contributed by atoms with Crippen molar-refractivity contribution in [2.75, 3.05) is 0 Å². The predicted molar refractivity (Wildman–Crippen MR) is 70.0 cm³/mol. The van der Waals surface area contributed by atoms with Crippen molar-refractivity contribution in [2.45, 2.75) is 13.1 Å². The van der Waals surface area contributed by atoms with Gasteiger partial charge < -0.3 is 9.73 Å². The monoisotopic (exact) mass is 328 g/mol. The molecule has 0 atom stereocenters. The molecule has 0 spiro atoms. The van der Waals surface area contributed by atoms with Crippen molar-refractivity contribution < 1.29 is 13.7 Å². The maximum absolute atomic E-state index is 13.4. The highest BCUT2D eigenvalue weighted by molar-refractivity contribution is 9.10. The van der Waals surface area contributed by atoms with Crippen molar-refractivity contribution in [3.05, 3.63) is 62.1 Å². The summed E-state index contributed by atoms with van der Waals surface area (Å²) < 4.78 is 19.2. The topological polar surface area (TPSA) is 68.3 Å². The van der Waals surface area contributed by atoms with E-state index in [9.17, 15) is 14.5 Å². The molecule has 0 saturated heterocycles. The molecule has 100 valence electrons. The van der Waals surface area contributed by atoms with Crippen LogP contribution in [0.5, 0.6) is 0 Å². The van der Waals surface area contributed by atoms with Crippen LogP contribution in [0, 0.1) is 15.9 Å². The summed E-state index contributed by atoms with van der Waals surface area (Å²) in [6.07, 6.45) is 0. The van der Waals surface area contributed by atoms with Gasteiger partial charge in [0.2, 0.25) is 0 Å². The Morgan fingerprint density at radius 1 is 1.32 bits per heavy atom. The van der Waals surface area contributed by atoms with Gasteiger partial charge in [-0.25, -0.2) is 4.39 Å². The summed E-state index contributed by atoms with van der Waals surface area (Å²) in [6.45, 7) is 0.597. The Balaban J connectivity index is 1.92. The Kier molecular flexibility index (Phi) is 4.28. The van der Waals surface area contributed by atoms with E-state index in [-0.39, 0.29) is 11.7 Å². The van der Waals surface area contributed by atoms with Gasteiger partial charge in [-0.05, 0) is 24.3 Å². The Bertz CT molecular complexity index is 600. The van der Waals surface area contributed by atoms with E-state index in [1.54, 1.807) is 12.1 Å². The second kappa shape index (κ2) is 5.94. The first-order chi connectivity index (χ1) is 9.06. The van der Waals surface area contributed by atoms with Crippen LogP contribution in [0.25, 0.3) is 0 Å². The lowest BCUT2D eigenvalue weighted by Gasteiger charge is -2.05. The van der Waals surface area contributed by atoms with Crippen molar-refractivity contribution in [2.24, 2.45) is 0 Å². The van der Waals surface area contributed by atoms with Crippen LogP contribution in [0.4, 0.5) is 10.3 Å². The normalized spacial score (nSPS) is 10.6. The van der Waals surface area contributed by atoms with E-state index in [0.717, 1.165) is 4.47 Å². The van der Waals surface area contributed by atoms with Crippen LogP contribution in [-0.2, 0) is 13.1 Å². The van der Waals surface area contributed by atoms with Crippen molar-refractivity contribution in [3.63, 3.8) is 0 Å². The van der Waals surface area contributed by atoms with E-state index in [4.69, 9.17) is 4.42 Å². The van der Waals surface area contributed by atoms with E-state index in [2.05, 4.69) is 21.2 Å². The highest BCUT2D eigenvalue weighted by Gasteiger charge is 2.11. The molecule has 0 saturated carbocycles. The molecule has 0 bridgehead atoms. The largest absolute Gasteiger partial charge is 0.433 e. The highest BCUT2D eigenvalue weighted by Crippen LogP contribution is 2.17. The molecule has 0 fully saturated rings. The van der Waals surface area contributed by atoms with Crippen molar-refractivity contribution in [3.8, 4) is 0 Å². The summed E-state index contributed by atoms with van der Waals surface area (Å²) in [5.41, 5.74) is 0.510. The summed E-state index contributed by atoms with van der Waals surface area (Å²) in [6, 6.07) is 7.47. The summed E-state index contributed by atoms with van der Waals surface area (Å²) in [7, 11) is 0. The molecule has 0 unspecified atom stereocenters. The minimum atomic E-state index is -0.600. The quantitative estimate of drug-likeness (QED) is 0.674. The third-order valence-corrected chi connectivity index (χ3v) is 2.94. The molecule has 2 aromatic rings. The van der Waals surface area contributed by atoms with E-state index >= 15 is 0 Å². The molecule has 0 aliphatic rings. The fraction of sp³-hybridized carbons (Fsp3) is 0.167. The molecule has 1 heterocycles. The van der Waals surface area contributed by atoms with Crippen LogP contribution >= 0.6 is 15.9 Å². The van der Waals surface area contributed by atoms with Crippen molar-refractivity contribution in [1.82, 2.24) is 5.32 Å². The number of nitro groups is 1. The number of nitrogens with one attached hydrogen (secondary N) is 1. The van der Waals surface area contributed by atoms with Crippen LogP contribution in [0.15, 0.2) is 39.2 Å². The average Bonchev–Trinajstić information content (AvgIpc) is 2.82. The van der Waals surface area contributed by atoms with Crippen LogP contribution < -0.4 is 5.32 Å². The number of hydrogen-bond donors (Lipinski definition) is 1. The molecule has 1 N–H and O–H groups in total. The number of nitrogens with zero attached hydrogens (tertiary/aromatic N) is 1. The molecule has 0 radical (unpaired) electrons. The SMILES string of the molecule is O=[N+]([O-])c1ccc(CNCc2cc(Br)ccc2F)o1. The van der Waals surface area contributed by atoms with Gasteiger partial charge >= 0.3 is 5.88 Å².